The third-order valence-electron chi connectivity index (χ3n) is 7.73. The van der Waals surface area contributed by atoms with E-state index in [1.807, 2.05) is 0 Å². The molecule has 0 unspecified atom stereocenters. The fourth-order valence-electron chi connectivity index (χ4n) is 4.65. The predicted octanol–water partition coefficient (Wildman–Crippen LogP) is 8.26. The molecule has 0 heterocycles. The molecule has 6 rings (SSSR count). The molecule has 0 saturated carbocycles. The minimum atomic E-state index is -0.446. The van der Waals surface area contributed by atoms with E-state index in [4.69, 9.17) is 20.8 Å². The minimum Gasteiger partial charge on any atom is -0.411 e. The minimum absolute atomic E-state index is 0. The first-order valence-corrected chi connectivity index (χ1v) is 19.7. The van der Waals surface area contributed by atoms with E-state index < -0.39 is 15.8 Å². The van der Waals surface area contributed by atoms with E-state index in [9.17, 15) is 0 Å². The van der Waals surface area contributed by atoms with E-state index >= 15 is 0 Å². The van der Waals surface area contributed by atoms with Crippen molar-refractivity contribution in [3.63, 3.8) is 0 Å². The van der Waals surface area contributed by atoms with Crippen molar-refractivity contribution < 1.29 is 37.6 Å². The van der Waals surface area contributed by atoms with Crippen LogP contribution in [0.25, 0.3) is 0 Å². The van der Waals surface area contributed by atoms with Gasteiger partial charge in [-0.05, 0) is 75.4 Å². The Bertz CT molecular complexity index is 1670. The molecule has 0 aliphatic rings. The largest absolute Gasteiger partial charge is 0.411 e. The van der Waals surface area contributed by atoms with Crippen LogP contribution < -0.4 is 31.8 Å². The van der Waals surface area contributed by atoms with Crippen LogP contribution in [-0.2, 0) is 16.8 Å². The number of nitrogens with zero attached hydrogens (tertiary/aromatic N) is 4. The number of hydrogen-bond donors (Lipinski definition) is 4. The fourth-order valence-corrected chi connectivity index (χ4v) is 9.26. The summed E-state index contributed by atoms with van der Waals surface area (Å²) in [5, 5.41) is 51.7. The van der Waals surface area contributed by atoms with Crippen LogP contribution in [0.1, 0.15) is 27.7 Å². The quantitative estimate of drug-likeness (QED) is 0.0534. The van der Waals surface area contributed by atoms with Gasteiger partial charge in [-0.15, -0.1) is 0 Å². The third-order valence-corrected chi connectivity index (χ3v) is 12.6. The van der Waals surface area contributed by atoms with Crippen LogP contribution in [0.5, 0.6) is 0 Å². The SMILES string of the molecule is CC(=N\O)/C(C)=N/O.CC(=N\O)/C(C)=N/O.[Co].c1ccc(P(c2ccccc2)c2ccccc2)cc1.c1ccc(P(c2ccccc2)c2ccccc2)cc1. The Morgan fingerprint density at radius 2 is 0.418 bits per heavy atom. The maximum atomic E-state index is 8.03. The Morgan fingerprint density at radius 3 is 0.527 bits per heavy atom. The van der Waals surface area contributed by atoms with Gasteiger partial charge in [0.15, 0.2) is 0 Å². The van der Waals surface area contributed by atoms with Gasteiger partial charge in [0, 0.05) is 16.8 Å². The van der Waals surface area contributed by atoms with Gasteiger partial charge in [-0.2, -0.15) is 0 Å². The van der Waals surface area contributed by atoms with Crippen molar-refractivity contribution in [2.75, 3.05) is 0 Å². The van der Waals surface area contributed by atoms with Gasteiger partial charge < -0.3 is 20.8 Å². The van der Waals surface area contributed by atoms with Gasteiger partial charge >= 0.3 is 0 Å². The number of benzene rings is 6. The van der Waals surface area contributed by atoms with Crippen LogP contribution in [0.3, 0.4) is 0 Å². The van der Waals surface area contributed by atoms with Gasteiger partial charge in [0.25, 0.3) is 0 Å². The molecule has 0 aromatic heterocycles. The van der Waals surface area contributed by atoms with Gasteiger partial charge in [0.1, 0.15) is 22.8 Å². The van der Waals surface area contributed by atoms with E-state index in [1.54, 1.807) is 0 Å². The van der Waals surface area contributed by atoms with Crippen molar-refractivity contribution in [1.82, 2.24) is 0 Å². The molecular formula is C44H46CoN4O4P2. The Labute approximate surface area is 337 Å². The summed E-state index contributed by atoms with van der Waals surface area (Å²) in [4.78, 5) is 0. The first-order valence-electron chi connectivity index (χ1n) is 17.0. The van der Waals surface area contributed by atoms with E-state index in [2.05, 4.69) is 203 Å². The van der Waals surface area contributed by atoms with E-state index in [0.29, 0.717) is 22.8 Å². The first-order chi connectivity index (χ1) is 26.3. The Morgan fingerprint density at radius 1 is 0.291 bits per heavy atom. The monoisotopic (exact) mass is 815 g/mol. The van der Waals surface area contributed by atoms with Crippen molar-refractivity contribution in [2.45, 2.75) is 27.7 Å². The third kappa shape index (κ3) is 15.4. The second-order valence-electron chi connectivity index (χ2n) is 11.4. The molecule has 4 N–H and O–H groups in total. The summed E-state index contributed by atoms with van der Waals surface area (Å²) in [6, 6.07) is 64.7. The summed E-state index contributed by atoms with van der Waals surface area (Å²) >= 11 is 0. The maximum Gasteiger partial charge on any atom is 0.101 e. The summed E-state index contributed by atoms with van der Waals surface area (Å²) in [5.74, 6) is 0. The number of rotatable bonds is 8. The molecule has 1 radical (unpaired) electrons. The predicted molar refractivity (Wildman–Crippen MR) is 230 cm³/mol. The molecule has 0 spiro atoms. The second-order valence-corrected chi connectivity index (χ2v) is 15.9. The summed E-state index contributed by atoms with van der Waals surface area (Å²) in [6.45, 7) is 6.15. The first kappa shape index (κ1) is 45.7. The van der Waals surface area contributed by atoms with E-state index in [-0.39, 0.29) is 16.8 Å². The molecule has 0 saturated heterocycles. The van der Waals surface area contributed by atoms with E-state index in [0.717, 1.165) is 0 Å². The average molecular weight is 816 g/mol. The number of hydrogen-bond acceptors (Lipinski definition) is 8. The maximum absolute atomic E-state index is 8.03. The molecule has 0 fully saturated rings. The molecule has 285 valence electrons. The molecule has 6 aromatic carbocycles. The van der Waals surface area contributed by atoms with Crippen LogP contribution in [0.15, 0.2) is 203 Å². The van der Waals surface area contributed by atoms with Crippen LogP contribution in [-0.4, -0.2) is 43.7 Å². The summed E-state index contributed by atoms with van der Waals surface area (Å²) in [5.41, 5.74) is 1.25. The van der Waals surface area contributed by atoms with Crippen molar-refractivity contribution in [3.8, 4) is 0 Å². The summed E-state index contributed by atoms with van der Waals surface area (Å²) < 4.78 is 0. The van der Waals surface area contributed by atoms with Gasteiger partial charge in [-0.1, -0.05) is 203 Å². The van der Waals surface area contributed by atoms with Gasteiger partial charge in [0.2, 0.25) is 0 Å². The normalized spacial score (nSPS) is 11.5. The molecule has 55 heavy (non-hydrogen) atoms. The zero-order chi connectivity index (χ0) is 39.0. The van der Waals surface area contributed by atoms with Crippen molar-refractivity contribution >= 4 is 70.5 Å². The van der Waals surface area contributed by atoms with Gasteiger partial charge in [-0.3, -0.25) is 0 Å². The zero-order valence-corrected chi connectivity index (χ0v) is 34.0. The molecule has 0 amide bonds. The van der Waals surface area contributed by atoms with Crippen molar-refractivity contribution in [1.29, 1.82) is 0 Å². The topological polar surface area (TPSA) is 130 Å². The molecule has 0 atom stereocenters. The molecule has 8 nitrogen and oxygen atoms in total. The molecule has 0 aliphatic heterocycles. The van der Waals surface area contributed by atoms with Crippen molar-refractivity contribution in [2.24, 2.45) is 20.6 Å². The molecule has 0 bridgehead atoms. The Kier molecular flexibility index (Phi) is 21.9. The van der Waals surface area contributed by atoms with Crippen LogP contribution in [0, 0.1) is 0 Å². The zero-order valence-electron chi connectivity index (χ0n) is 31.1. The standard InChI is InChI=1S/2C18H15P.2C4H8N2O2.Co/c2*1-4-10-16(11-5-1)19(17-12-6-2-7-13-17)18-14-8-3-9-15-18;2*1-3(5-7)4(2)6-8;/h2*1-15H;2*7-8H,1-2H3;/b;;2*5-3+,6-4+;. The van der Waals surface area contributed by atoms with Gasteiger partial charge in [-0.25, -0.2) is 0 Å². The second kappa shape index (κ2) is 26.4. The summed E-state index contributed by atoms with van der Waals surface area (Å²) in [6.07, 6.45) is 0. The smallest absolute Gasteiger partial charge is 0.101 e. The van der Waals surface area contributed by atoms with Gasteiger partial charge in [0.05, 0.1) is 0 Å². The molecule has 0 aliphatic carbocycles. The fraction of sp³-hybridized carbons (Fsp3) is 0.0909. The van der Waals surface area contributed by atoms with Crippen molar-refractivity contribution in [3.05, 3.63) is 182 Å². The Hall–Kier alpha value is -5.43. The molecule has 11 heteroatoms. The number of oxime groups is 4. The summed E-state index contributed by atoms with van der Waals surface area (Å²) in [7, 11) is -0.892. The van der Waals surface area contributed by atoms with Crippen LogP contribution in [0.2, 0.25) is 0 Å². The van der Waals surface area contributed by atoms with Crippen LogP contribution >= 0.6 is 15.8 Å². The molecular weight excluding hydrogens is 769 g/mol. The average Bonchev–Trinajstić information content (AvgIpc) is 3.25. The van der Waals surface area contributed by atoms with E-state index in [1.165, 1.54) is 59.5 Å². The van der Waals surface area contributed by atoms with Crippen LogP contribution in [0.4, 0.5) is 0 Å². The molecule has 6 aromatic rings. The Balaban J connectivity index is 0.000000273.